The molecular formula is C18H18N2O3. The highest BCUT2D eigenvalue weighted by molar-refractivity contribution is 5.92. The smallest absolute Gasteiger partial charge is 0.408 e. The first kappa shape index (κ1) is 15.1. The molecule has 3 rings (SSSR count). The van der Waals surface area contributed by atoms with Crippen molar-refractivity contribution >= 4 is 22.7 Å². The lowest BCUT2D eigenvalue weighted by atomic mass is 10.1. The van der Waals surface area contributed by atoms with Gasteiger partial charge in [-0.15, -0.1) is 0 Å². The molecule has 0 fully saturated rings. The molecule has 0 spiro atoms. The lowest BCUT2D eigenvalue weighted by Crippen LogP contribution is -2.12. The van der Waals surface area contributed by atoms with Crippen LogP contribution in [0.15, 0.2) is 51.7 Å². The molecule has 1 aromatic heterocycles. The van der Waals surface area contributed by atoms with Gasteiger partial charge in [-0.25, -0.2) is 4.79 Å². The zero-order chi connectivity index (χ0) is 16.4. The number of hydrogen-bond acceptors (Lipinski definition) is 3. The molecule has 0 aliphatic rings. The quantitative estimate of drug-likeness (QED) is 0.805. The summed E-state index contributed by atoms with van der Waals surface area (Å²) in [6.45, 7) is 2.04. The monoisotopic (exact) mass is 310 g/mol. The highest BCUT2D eigenvalue weighted by atomic mass is 16.4. The molecule has 23 heavy (non-hydrogen) atoms. The Labute approximate surface area is 133 Å². The van der Waals surface area contributed by atoms with Crippen molar-refractivity contribution < 1.29 is 9.21 Å². The minimum atomic E-state index is -0.414. The van der Waals surface area contributed by atoms with Crippen LogP contribution in [0.4, 0.5) is 5.69 Å². The first-order chi connectivity index (χ1) is 11.0. The zero-order valence-corrected chi connectivity index (χ0v) is 13.1. The summed E-state index contributed by atoms with van der Waals surface area (Å²) in [6, 6.07) is 13.3. The van der Waals surface area contributed by atoms with E-state index in [-0.39, 0.29) is 5.91 Å². The van der Waals surface area contributed by atoms with Crippen LogP contribution in [0.5, 0.6) is 0 Å². The number of oxazole rings is 1. The highest BCUT2D eigenvalue weighted by Gasteiger charge is 2.08. The molecule has 0 atom stereocenters. The van der Waals surface area contributed by atoms with E-state index in [9.17, 15) is 9.59 Å². The Kier molecular flexibility index (Phi) is 4.02. The van der Waals surface area contributed by atoms with Gasteiger partial charge < -0.3 is 9.73 Å². The minimum Gasteiger partial charge on any atom is -0.408 e. The van der Waals surface area contributed by atoms with Crippen molar-refractivity contribution in [1.29, 1.82) is 0 Å². The van der Waals surface area contributed by atoms with Crippen molar-refractivity contribution in [2.24, 2.45) is 7.05 Å². The van der Waals surface area contributed by atoms with E-state index in [1.54, 1.807) is 25.2 Å². The standard InChI is InChI=1S/C18H18N2O3/c1-12-3-5-13(6-4-12)7-10-17(21)19-14-8-9-16-15(11-14)20(2)18(22)23-16/h3-6,8-9,11H,7,10H2,1-2H3,(H,19,21). The number of carbonyl (C=O) groups excluding carboxylic acids is 1. The van der Waals surface area contributed by atoms with E-state index < -0.39 is 5.76 Å². The maximum atomic E-state index is 12.1. The maximum Gasteiger partial charge on any atom is 0.419 e. The van der Waals surface area contributed by atoms with Gasteiger partial charge in [-0.1, -0.05) is 29.8 Å². The second-order valence-corrected chi connectivity index (χ2v) is 5.64. The summed E-state index contributed by atoms with van der Waals surface area (Å²) >= 11 is 0. The van der Waals surface area contributed by atoms with Gasteiger partial charge in [0.2, 0.25) is 5.91 Å². The first-order valence-corrected chi connectivity index (χ1v) is 7.48. The number of rotatable bonds is 4. The molecule has 5 nitrogen and oxygen atoms in total. The third-order valence-corrected chi connectivity index (χ3v) is 3.84. The van der Waals surface area contributed by atoms with Crippen molar-refractivity contribution in [3.05, 3.63) is 64.1 Å². The number of anilines is 1. The van der Waals surface area contributed by atoms with Crippen molar-refractivity contribution in [1.82, 2.24) is 4.57 Å². The Bertz CT molecular complexity index is 904. The minimum absolute atomic E-state index is 0.0570. The SMILES string of the molecule is Cc1ccc(CCC(=O)Nc2ccc3oc(=O)n(C)c3c2)cc1. The summed E-state index contributed by atoms with van der Waals surface area (Å²) in [5.74, 6) is -0.471. The molecule has 1 amide bonds. The van der Waals surface area contributed by atoms with Gasteiger partial charge in [-0.3, -0.25) is 9.36 Å². The number of nitrogens with one attached hydrogen (secondary N) is 1. The lowest BCUT2D eigenvalue weighted by molar-refractivity contribution is -0.116. The number of nitrogens with zero attached hydrogens (tertiary/aromatic N) is 1. The van der Waals surface area contributed by atoms with Gasteiger partial charge in [-0.05, 0) is 37.1 Å². The largest absolute Gasteiger partial charge is 0.419 e. The summed E-state index contributed by atoms with van der Waals surface area (Å²) in [4.78, 5) is 23.5. The van der Waals surface area contributed by atoms with E-state index in [2.05, 4.69) is 5.32 Å². The van der Waals surface area contributed by atoms with E-state index in [1.165, 1.54) is 10.1 Å². The summed E-state index contributed by atoms with van der Waals surface area (Å²) < 4.78 is 6.48. The Balaban J connectivity index is 1.66. The molecule has 3 aromatic rings. The first-order valence-electron chi connectivity index (χ1n) is 7.48. The van der Waals surface area contributed by atoms with E-state index in [1.807, 2.05) is 31.2 Å². The lowest BCUT2D eigenvalue weighted by Gasteiger charge is -2.06. The van der Waals surface area contributed by atoms with Crippen LogP contribution < -0.4 is 11.1 Å². The molecule has 0 saturated carbocycles. The van der Waals surface area contributed by atoms with Gasteiger partial charge in [0.1, 0.15) is 0 Å². The van der Waals surface area contributed by atoms with Crippen LogP contribution in [0.1, 0.15) is 17.5 Å². The van der Waals surface area contributed by atoms with Crippen molar-refractivity contribution in [3.8, 4) is 0 Å². The van der Waals surface area contributed by atoms with Gasteiger partial charge in [0.05, 0.1) is 5.52 Å². The maximum absolute atomic E-state index is 12.1. The number of benzene rings is 2. The number of amides is 1. The Morgan fingerprint density at radius 3 is 2.65 bits per heavy atom. The van der Waals surface area contributed by atoms with E-state index >= 15 is 0 Å². The number of aryl methyl sites for hydroxylation is 3. The van der Waals surface area contributed by atoms with E-state index in [4.69, 9.17) is 4.42 Å². The van der Waals surface area contributed by atoms with Gasteiger partial charge in [0.25, 0.3) is 0 Å². The van der Waals surface area contributed by atoms with Gasteiger partial charge >= 0.3 is 5.76 Å². The van der Waals surface area contributed by atoms with E-state index in [0.29, 0.717) is 29.6 Å². The van der Waals surface area contributed by atoms with Crippen LogP contribution in [-0.4, -0.2) is 10.5 Å². The molecule has 0 radical (unpaired) electrons. The van der Waals surface area contributed by atoms with Crippen molar-refractivity contribution in [2.75, 3.05) is 5.32 Å². The number of carbonyl (C=O) groups is 1. The summed E-state index contributed by atoms with van der Waals surface area (Å²) in [5.41, 5.74) is 4.17. The molecule has 0 unspecified atom stereocenters. The average Bonchev–Trinajstić information content (AvgIpc) is 2.82. The third-order valence-electron chi connectivity index (χ3n) is 3.84. The molecule has 5 heteroatoms. The molecule has 0 saturated heterocycles. The number of fused-ring (bicyclic) bond motifs is 1. The number of aromatic nitrogens is 1. The van der Waals surface area contributed by atoms with Gasteiger partial charge in [-0.2, -0.15) is 0 Å². The van der Waals surface area contributed by atoms with Gasteiger partial charge in [0, 0.05) is 19.2 Å². The molecular weight excluding hydrogens is 292 g/mol. The fraction of sp³-hybridized carbons (Fsp3) is 0.222. The van der Waals surface area contributed by atoms with Crippen LogP contribution in [-0.2, 0) is 18.3 Å². The van der Waals surface area contributed by atoms with Gasteiger partial charge in [0.15, 0.2) is 5.58 Å². The molecule has 0 aliphatic carbocycles. The normalized spacial score (nSPS) is 10.9. The Morgan fingerprint density at radius 1 is 1.17 bits per heavy atom. The molecule has 118 valence electrons. The van der Waals surface area contributed by atoms with Crippen molar-refractivity contribution in [2.45, 2.75) is 19.8 Å². The van der Waals surface area contributed by atoms with Crippen molar-refractivity contribution in [3.63, 3.8) is 0 Å². The summed E-state index contributed by atoms with van der Waals surface area (Å²) in [6.07, 6.45) is 1.10. The Hall–Kier alpha value is -2.82. The topological polar surface area (TPSA) is 64.2 Å². The average molecular weight is 310 g/mol. The predicted molar refractivity (Wildman–Crippen MR) is 89.6 cm³/mol. The zero-order valence-electron chi connectivity index (χ0n) is 13.1. The second-order valence-electron chi connectivity index (χ2n) is 5.64. The molecule has 1 N–H and O–H groups in total. The van der Waals surface area contributed by atoms with E-state index in [0.717, 1.165) is 5.56 Å². The molecule has 2 aromatic carbocycles. The van der Waals surface area contributed by atoms with Crippen LogP contribution >= 0.6 is 0 Å². The second kappa shape index (κ2) is 6.12. The fourth-order valence-corrected chi connectivity index (χ4v) is 2.44. The molecule has 0 bridgehead atoms. The van der Waals surface area contributed by atoms with Crippen LogP contribution in [0.2, 0.25) is 0 Å². The third kappa shape index (κ3) is 3.34. The number of hydrogen-bond donors (Lipinski definition) is 1. The van der Waals surface area contributed by atoms with Crippen LogP contribution in [0.3, 0.4) is 0 Å². The molecule has 0 aliphatic heterocycles. The van der Waals surface area contributed by atoms with Crippen LogP contribution in [0, 0.1) is 6.92 Å². The fourth-order valence-electron chi connectivity index (χ4n) is 2.44. The van der Waals surface area contributed by atoms with Crippen LogP contribution in [0.25, 0.3) is 11.1 Å². The Morgan fingerprint density at radius 2 is 1.91 bits per heavy atom. The summed E-state index contributed by atoms with van der Waals surface area (Å²) in [7, 11) is 1.64. The predicted octanol–water partition coefficient (Wildman–Crippen LogP) is 3.01. The molecule has 1 heterocycles. The highest BCUT2D eigenvalue weighted by Crippen LogP contribution is 2.18. The summed E-state index contributed by atoms with van der Waals surface area (Å²) in [5, 5.41) is 2.86.